The Labute approximate surface area is 146 Å². The molecule has 0 radical (unpaired) electrons. The van der Waals surface area contributed by atoms with E-state index in [1.165, 1.54) is 0 Å². The zero-order valence-corrected chi connectivity index (χ0v) is 12.7. The average Bonchev–Trinajstić information content (AvgIpc) is 2.59. The minimum absolute atomic E-state index is 0.424. The second-order valence-corrected chi connectivity index (χ2v) is 4.88. The first-order chi connectivity index (χ1) is 12.5. The minimum Gasteiger partial charge on any atom is -0.258 e. The van der Waals surface area contributed by atoms with Crippen LogP contribution in [0.3, 0.4) is 0 Å². The Morgan fingerprint density at radius 1 is 0.481 bits per heavy atom. The summed E-state index contributed by atoms with van der Waals surface area (Å²) in [5.74, 6) is 0. The van der Waals surface area contributed by atoms with Gasteiger partial charge in [0.1, 0.15) is 5.56 Å². The van der Waals surface area contributed by atoms with Crippen LogP contribution >= 0.6 is 0 Å². The van der Waals surface area contributed by atoms with Gasteiger partial charge in [-0.3, -0.25) is 50.6 Å². The maximum atomic E-state index is 11.3. The number of benzene rings is 2. The van der Waals surface area contributed by atoms with Crippen molar-refractivity contribution in [3.63, 3.8) is 0 Å². The van der Waals surface area contributed by atoms with Crippen molar-refractivity contribution in [2.24, 2.45) is 0 Å². The summed E-state index contributed by atoms with van der Waals surface area (Å²) in [7, 11) is 0. The Kier molecular flexibility index (Phi) is 4.69. The molecule has 0 aliphatic carbocycles. The SMILES string of the molecule is O=[N+]([O-])c1cc(-c2c([N+](=O)[O-])cc([N+](=O)[O-])cc2[N+](=O)[O-])cc([N+](=O)[O-])c1. The number of non-ortho nitro benzene ring substituents is 3. The summed E-state index contributed by atoms with van der Waals surface area (Å²) in [6.07, 6.45) is 0. The van der Waals surface area contributed by atoms with Gasteiger partial charge in [0.25, 0.3) is 28.4 Å². The van der Waals surface area contributed by atoms with E-state index in [9.17, 15) is 50.6 Å². The van der Waals surface area contributed by atoms with Gasteiger partial charge in [0.2, 0.25) is 0 Å². The molecular formula is C12H5N5O10. The van der Waals surface area contributed by atoms with Crippen LogP contribution in [0.4, 0.5) is 28.4 Å². The monoisotopic (exact) mass is 379 g/mol. The molecule has 2 aromatic carbocycles. The molecule has 0 aliphatic rings. The smallest absolute Gasteiger partial charge is 0.258 e. The molecule has 0 saturated heterocycles. The molecule has 0 atom stereocenters. The predicted molar refractivity (Wildman–Crippen MR) is 85.1 cm³/mol. The molecule has 0 N–H and O–H groups in total. The van der Waals surface area contributed by atoms with E-state index < -0.39 is 64.2 Å². The molecule has 0 heterocycles. The van der Waals surface area contributed by atoms with Crippen LogP contribution < -0.4 is 0 Å². The molecule has 15 heteroatoms. The summed E-state index contributed by atoms with van der Waals surface area (Å²) >= 11 is 0. The van der Waals surface area contributed by atoms with E-state index in [-0.39, 0.29) is 0 Å². The largest absolute Gasteiger partial charge is 0.291 e. The van der Waals surface area contributed by atoms with E-state index in [4.69, 9.17) is 0 Å². The fraction of sp³-hybridized carbons (Fsp3) is 0. The van der Waals surface area contributed by atoms with Gasteiger partial charge in [0.05, 0.1) is 42.8 Å². The Morgan fingerprint density at radius 2 is 0.815 bits per heavy atom. The third-order valence-electron chi connectivity index (χ3n) is 3.30. The van der Waals surface area contributed by atoms with Gasteiger partial charge in [0.15, 0.2) is 0 Å². The van der Waals surface area contributed by atoms with E-state index in [0.29, 0.717) is 30.3 Å². The average molecular weight is 379 g/mol. The molecule has 0 fully saturated rings. The maximum Gasteiger partial charge on any atom is 0.291 e. The van der Waals surface area contributed by atoms with Crippen LogP contribution in [0.1, 0.15) is 0 Å². The predicted octanol–water partition coefficient (Wildman–Crippen LogP) is 2.89. The third kappa shape index (κ3) is 3.60. The number of nitro benzene ring substituents is 5. The first-order valence-electron chi connectivity index (χ1n) is 6.58. The second-order valence-electron chi connectivity index (χ2n) is 4.88. The van der Waals surface area contributed by atoms with Crippen molar-refractivity contribution in [2.45, 2.75) is 0 Å². The summed E-state index contributed by atoms with van der Waals surface area (Å²) in [5, 5.41) is 55.3. The van der Waals surface area contributed by atoms with E-state index >= 15 is 0 Å². The molecule has 0 saturated carbocycles. The van der Waals surface area contributed by atoms with Crippen LogP contribution in [0, 0.1) is 50.6 Å². The summed E-state index contributed by atoms with van der Waals surface area (Å²) in [4.78, 5) is 49.9. The highest BCUT2D eigenvalue weighted by Gasteiger charge is 2.33. The molecule has 0 amide bonds. The van der Waals surface area contributed by atoms with E-state index in [2.05, 4.69) is 0 Å². The van der Waals surface area contributed by atoms with Crippen molar-refractivity contribution in [1.29, 1.82) is 0 Å². The Hall–Kier alpha value is -4.56. The second kappa shape index (κ2) is 6.75. The fourth-order valence-corrected chi connectivity index (χ4v) is 2.24. The summed E-state index contributed by atoms with van der Waals surface area (Å²) in [6, 6.07) is 2.73. The zero-order chi connectivity index (χ0) is 20.5. The van der Waals surface area contributed by atoms with Crippen molar-refractivity contribution < 1.29 is 24.6 Å². The van der Waals surface area contributed by atoms with Gasteiger partial charge < -0.3 is 0 Å². The van der Waals surface area contributed by atoms with Gasteiger partial charge in [-0.2, -0.15) is 0 Å². The van der Waals surface area contributed by atoms with Crippen molar-refractivity contribution >= 4 is 28.4 Å². The van der Waals surface area contributed by atoms with Gasteiger partial charge in [0, 0.05) is 17.7 Å². The normalized spacial score (nSPS) is 10.2. The maximum absolute atomic E-state index is 11.3. The Balaban J connectivity index is 2.98. The summed E-state index contributed by atoms with van der Waals surface area (Å²) in [6.45, 7) is 0. The van der Waals surface area contributed by atoms with Crippen LogP contribution in [-0.4, -0.2) is 24.6 Å². The molecule has 27 heavy (non-hydrogen) atoms. The van der Waals surface area contributed by atoms with Crippen LogP contribution in [0.15, 0.2) is 30.3 Å². The molecule has 0 aromatic heterocycles. The Bertz CT molecular complexity index is 966. The molecule has 2 rings (SSSR count). The fourth-order valence-electron chi connectivity index (χ4n) is 2.24. The first kappa shape index (κ1) is 18.8. The van der Waals surface area contributed by atoms with E-state index in [0.717, 1.165) is 0 Å². The number of nitro groups is 5. The summed E-state index contributed by atoms with van der Waals surface area (Å²) < 4.78 is 0. The zero-order valence-electron chi connectivity index (χ0n) is 12.7. The van der Waals surface area contributed by atoms with Crippen LogP contribution in [0.2, 0.25) is 0 Å². The van der Waals surface area contributed by atoms with Crippen molar-refractivity contribution in [3.8, 4) is 11.1 Å². The van der Waals surface area contributed by atoms with E-state index in [1.54, 1.807) is 0 Å². The van der Waals surface area contributed by atoms with Gasteiger partial charge in [-0.1, -0.05) is 0 Å². The number of hydrogen-bond acceptors (Lipinski definition) is 10. The minimum atomic E-state index is -1.17. The highest BCUT2D eigenvalue weighted by molar-refractivity contribution is 5.86. The standard InChI is InChI=1S/C12H5N5O10/c18-13(19)7-1-6(2-8(3-7)14(20)21)12-10(16(24)25)4-9(15(22)23)5-11(12)17(26)27/h1-5H. The molecular weight excluding hydrogens is 374 g/mol. The number of nitrogens with zero attached hydrogens (tertiary/aromatic N) is 5. The number of rotatable bonds is 6. The van der Waals surface area contributed by atoms with E-state index in [1.807, 2.05) is 0 Å². The van der Waals surface area contributed by atoms with Gasteiger partial charge in [-0.05, 0) is 0 Å². The quantitative estimate of drug-likeness (QED) is 0.527. The lowest BCUT2D eigenvalue weighted by Gasteiger charge is -2.05. The van der Waals surface area contributed by atoms with Gasteiger partial charge in [-0.15, -0.1) is 0 Å². The van der Waals surface area contributed by atoms with Crippen molar-refractivity contribution in [1.82, 2.24) is 0 Å². The van der Waals surface area contributed by atoms with Crippen molar-refractivity contribution in [2.75, 3.05) is 0 Å². The molecule has 0 bridgehead atoms. The molecule has 2 aromatic rings. The van der Waals surface area contributed by atoms with Crippen LogP contribution in [0.5, 0.6) is 0 Å². The molecule has 0 spiro atoms. The molecule has 0 aliphatic heterocycles. The lowest BCUT2D eigenvalue weighted by atomic mass is 9.99. The highest BCUT2D eigenvalue weighted by atomic mass is 16.6. The number of hydrogen-bond donors (Lipinski definition) is 0. The lowest BCUT2D eigenvalue weighted by molar-refractivity contribution is -0.402. The van der Waals surface area contributed by atoms with Crippen LogP contribution in [0.25, 0.3) is 11.1 Å². The van der Waals surface area contributed by atoms with Crippen molar-refractivity contribution in [3.05, 3.63) is 80.9 Å². The van der Waals surface area contributed by atoms with Crippen LogP contribution in [-0.2, 0) is 0 Å². The topological polar surface area (TPSA) is 216 Å². The van der Waals surface area contributed by atoms with Gasteiger partial charge >= 0.3 is 0 Å². The first-order valence-corrected chi connectivity index (χ1v) is 6.58. The molecule has 0 unspecified atom stereocenters. The molecule has 15 nitrogen and oxygen atoms in total. The third-order valence-corrected chi connectivity index (χ3v) is 3.30. The lowest BCUT2D eigenvalue weighted by Crippen LogP contribution is -2.01. The Morgan fingerprint density at radius 3 is 1.11 bits per heavy atom. The highest BCUT2D eigenvalue weighted by Crippen LogP contribution is 2.43. The summed E-state index contributed by atoms with van der Waals surface area (Å²) in [5.41, 5.74) is -6.28. The molecule has 138 valence electrons. The van der Waals surface area contributed by atoms with Gasteiger partial charge in [-0.25, -0.2) is 0 Å².